The minimum Gasteiger partial charge on any atom is -0.545 e. The van der Waals surface area contributed by atoms with Crippen molar-refractivity contribution in [2.45, 2.75) is 20.0 Å². The van der Waals surface area contributed by atoms with Crippen LogP contribution in [-0.2, 0) is 0 Å². The third-order valence-electron chi connectivity index (χ3n) is 6.03. The molecule has 0 spiro atoms. The normalized spacial score (nSPS) is 11.9. The Morgan fingerprint density at radius 2 is 1.77 bits per heavy atom. The van der Waals surface area contributed by atoms with E-state index in [0.717, 1.165) is 31.7 Å². The number of carboxylic acid groups (broad SMARTS) is 1. The molecule has 35 heavy (non-hydrogen) atoms. The third-order valence-corrected chi connectivity index (χ3v) is 7.32. The number of carbonyl (C=O) groups is 1. The molecule has 5 rings (SSSR count). The smallest absolute Gasteiger partial charge is 0.545 e. The zero-order chi connectivity index (χ0) is 23.8. The van der Waals surface area contributed by atoms with Crippen molar-refractivity contribution in [3.8, 4) is 16.3 Å². The summed E-state index contributed by atoms with van der Waals surface area (Å²) >= 11 is 1.59. The summed E-state index contributed by atoms with van der Waals surface area (Å²) in [5.41, 5.74) is 3.82. The SMILES string of the molecule is Cc1c(-c2cc(C(=O)[O-])c3c(OC(CO)c4ccccc4)ccc(C)c3n2)sc2ccccc12.[Na+]. The fourth-order valence-corrected chi connectivity index (χ4v) is 5.44. The zero-order valence-electron chi connectivity index (χ0n) is 19.7. The number of aromatic nitrogens is 1. The number of carboxylic acids is 1. The summed E-state index contributed by atoms with van der Waals surface area (Å²) in [4.78, 5) is 18.1. The van der Waals surface area contributed by atoms with Gasteiger partial charge in [-0.05, 0) is 54.1 Å². The molecule has 0 saturated heterocycles. The third kappa shape index (κ3) is 4.73. The van der Waals surface area contributed by atoms with Gasteiger partial charge < -0.3 is 19.7 Å². The van der Waals surface area contributed by atoms with E-state index >= 15 is 0 Å². The number of thiophene rings is 1. The van der Waals surface area contributed by atoms with E-state index in [9.17, 15) is 15.0 Å². The maximum atomic E-state index is 12.3. The predicted molar refractivity (Wildman–Crippen MR) is 133 cm³/mol. The van der Waals surface area contributed by atoms with Crippen molar-refractivity contribution in [2.24, 2.45) is 0 Å². The molecular weight excluding hydrogens is 469 g/mol. The molecular formula is C28H22NNaO4S. The van der Waals surface area contributed by atoms with Gasteiger partial charge in [-0.2, -0.15) is 0 Å². The molecule has 0 fully saturated rings. The van der Waals surface area contributed by atoms with Crippen LogP contribution >= 0.6 is 11.3 Å². The number of hydrogen-bond donors (Lipinski definition) is 1. The first-order valence-electron chi connectivity index (χ1n) is 10.9. The Labute approximate surface area is 229 Å². The molecule has 0 aliphatic carbocycles. The quantitative estimate of drug-likeness (QED) is 0.369. The maximum absolute atomic E-state index is 12.3. The Morgan fingerprint density at radius 3 is 2.46 bits per heavy atom. The van der Waals surface area contributed by atoms with Crippen LogP contribution in [0.1, 0.15) is 33.2 Å². The second-order valence-corrected chi connectivity index (χ2v) is 9.25. The molecule has 0 aliphatic rings. The van der Waals surface area contributed by atoms with E-state index in [-0.39, 0.29) is 41.7 Å². The summed E-state index contributed by atoms with van der Waals surface area (Å²) in [5, 5.41) is 23.8. The van der Waals surface area contributed by atoms with Crippen LogP contribution in [0.25, 0.3) is 31.6 Å². The first-order chi connectivity index (χ1) is 16.5. The van der Waals surface area contributed by atoms with E-state index in [1.54, 1.807) is 23.5 Å². The molecule has 5 aromatic rings. The Bertz CT molecular complexity index is 1530. The van der Waals surface area contributed by atoms with Gasteiger partial charge in [-0.15, -0.1) is 11.3 Å². The maximum Gasteiger partial charge on any atom is 1.00 e. The Kier molecular flexibility index (Phi) is 7.59. The van der Waals surface area contributed by atoms with Gasteiger partial charge in [0.2, 0.25) is 0 Å². The van der Waals surface area contributed by atoms with Crippen molar-refractivity contribution in [2.75, 3.05) is 6.61 Å². The van der Waals surface area contributed by atoms with Crippen molar-refractivity contribution in [1.82, 2.24) is 4.98 Å². The number of ether oxygens (including phenoxy) is 1. The number of aryl methyl sites for hydroxylation is 2. The number of aliphatic hydroxyl groups is 1. The van der Waals surface area contributed by atoms with Gasteiger partial charge in [-0.3, -0.25) is 0 Å². The van der Waals surface area contributed by atoms with Gasteiger partial charge >= 0.3 is 29.6 Å². The summed E-state index contributed by atoms with van der Waals surface area (Å²) in [5.74, 6) is -0.960. The molecule has 3 aromatic carbocycles. The molecule has 0 amide bonds. The van der Waals surface area contributed by atoms with Crippen molar-refractivity contribution in [3.63, 3.8) is 0 Å². The number of aliphatic hydroxyl groups excluding tert-OH is 1. The number of aromatic carboxylic acids is 1. The number of fused-ring (bicyclic) bond motifs is 2. The molecule has 5 nitrogen and oxygen atoms in total. The van der Waals surface area contributed by atoms with Crippen LogP contribution in [0.15, 0.2) is 72.8 Å². The van der Waals surface area contributed by atoms with Crippen LogP contribution in [0.3, 0.4) is 0 Å². The average Bonchev–Trinajstić information content (AvgIpc) is 3.20. The van der Waals surface area contributed by atoms with Crippen molar-refractivity contribution in [1.29, 1.82) is 0 Å². The molecule has 170 valence electrons. The van der Waals surface area contributed by atoms with Crippen LogP contribution in [0, 0.1) is 13.8 Å². The Hall–Kier alpha value is -2.74. The van der Waals surface area contributed by atoms with E-state index in [4.69, 9.17) is 9.72 Å². The van der Waals surface area contributed by atoms with Gasteiger partial charge in [0.1, 0.15) is 11.9 Å². The molecule has 2 heterocycles. The van der Waals surface area contributed by atoms with Gasteiger partial charge in [0.25, 0.3) is 0 Å². The van der Waals surface area contributed by atoms with Crippen molar-refractivity contribution < 1.29 is 49.3 Å². The number of pyridine rings is 1. The summed E-state index contributed by atoms with van der Waals surface area (Å²) in [7, 11) is 0. The van der Waals surface area contributed by atoms with Crippen molar-refractivity contribution in [3.05, 3.63) is 95.1 Å². The van der Waals surface area contributed by atoms with E-state index < -0.39 is 12.1 Å². The van der Waals surface area contributed by atoms with E-state index in [2.05, 4.69) is 6.07 Å². The zero-order valence-corrected chi connectivity index (χ0v) is 22.6. The molecule has 1 atom stereocenters. The average molecular weight is 492 g/mol. The fraction of sp³-hybridized carbons (Fsp3) is 0.143. The topological polar surface area (TPSA) is 82.5 Å². The molecule has 2 aromatic heterocycles. The summed E-state index contributed by atoms with van der Waals surface area (Å²) < 4.78 is 7.27. The largest absolute Gasteiger partial charge is 1.00 e. The minimum atomic E-state index is -1.30. The molecule has 0 aliphatic heterocycles. The van der Waals surface area contributed by atoms with Crippen LogP contribution in [-0.4, -0.2) is 22.7 Å². The second-order valence-electron chi connectivity index (χ2n) is 8.20. The standard InChI is InChI=1S/C28H23NO4S.Na/c1-16-12-13-22(33-23(15-30)18-8-4-3-5-9-18)25-20(28(31)32)14-21(29-26(16)25)27-17(2)19-10-6-7-11-24(19)34-27;/h3-14,23,30H,15H2,1-2H3,(H,31,32);/q;+1/p-1. The molecule has 0 bridgehead atoms. The summed E-state index contributed by atoms with van der Waals surface area (Å²) in [6.07, 6.45) is -0.647. The number of nitrogens with zero attached hydrogens (tertiary/aromatic N) is 1. The summed E-state index contributed by atoms with van der Waals surface area (Å²) in [6.45, 7) is 3.66. The van der Waals surface area contributed by atoms with Gasteiger partial charge in [0.05, 0.1) is 34.1 Å². The van der Waals surface area contributed by atoms with E-state index in [1.165, 1.54) is 0 Å². The Morgan fingerprint density at radius 1 is 1.06 bits per heavy atom. The van der Waals surface area contributed by atoms with Gasteiger partial charge in [-0.25, -0.2) is 4.98 Å². The number of carbonyl (C=O) groups excluding carboxylic acids is 1. The molecule has 7 heteroatoms. The molecule has 1 unspecified atom stereocenters. The van der Waals surface area contributed by atoms with Gasteiger partial charge in [-0.1, -0.05) is 54.6 Å². The van der Waals surface area contributed by atoms with Crippen LogP contribution < -0.4 is 39.4 Å². The van der Waals surface area contributed by atoms with Crippen LogP contribution in [0.5, 0.6) is 5.75 Å². The second kappa shape index (κ2) is 10.5. The van der Waals surface area contributed by atoms with E-state index in [1.807, 2.05) is 68.4 Å². The monoisotopic (exact) mass is 491 g/mol. The predicted octanol–water partition coefficient (Wildman–Crippen LogP) is 2.21. The van der Waals surface area contributed by atoms with Crippen LogP contribution in [0.2, 0.25) is 0 Å². The first kappa shape index (κ1) is 25.4. The molecule has 0 radical (unpaired) electrons. The molecule has 0 saturated carbocycles. The first-order valence-corrected chi connectivity index (χ1v) is 11.8. The summed E-state index contributed by atoms with van der Waals surface area (Å²) in [6, 6.07) is 22.6. The van der Waals surface area contributed by atoms with E-state index in [0.29, 0.717) is 22.3 Å². The fourth-order valence-electron chi connectivity index (χ4n) is 4.27. The number of benzene rings is 3. The number of rotatable bonds is 6. The number of hydrogen-bond acceptors (Lipinski definition) is 6. The van der Waals surface area contributed by atoms with Crippen LogP contribution in [0.4, 0.5) is 0 Å². The van der Waals surface area contributed by atoms with Gasteiger partial charge in [0, 0.05) is 10.3 Å². The minimum absolute atomic E-state index is 0. The van der Waals surface area contributed by atoms with Crippen molar-refractivity contribution >= 4 is 38.3 Å². The van der Waals surface area contributed by atoms with Gasteiger partial charge in [0.15, 0.2) is 0 Å². The molecule has 1 N–H and O–H groups in total. The Balaban J connectivity index is 0.00000289.